The summed E-state index contributed by atoms with van der Waals surface area (Å²) in [6.07, 6.45) is 38.5. The van der Waals surface area contributed by atoms with E-state index in [1.165, 1.54) is 141 Å². The van der Waals surface area contributed by atoms with Gasteiger partial charge in [-0.05, 0) is 42.9 Å². The molecule has 0 heterocycles. The van der Waals surface area contributed by atoms with Crippen LogP contribution in [0.3, 0.4) is 0 Å². The molecule has 0 heteroatoms. The van der Waals surface area contributed by atoms with Crippen molar-refractivity contribution in [1.82, 2.24) is 0 Å². The standard InChI is InChI=1S/C33H66/c1-5-8-11-14-17-20-23-26-32-30-33(4,28-24-21-18-15-12-9-6-2)29-27-31(32)25-22-19-16-13-10-7-3/h31-32H,5-30H2,1-4H3. The van der Waals surface area contributed by atoms with Crippen LogP contribution in [0.25, 0.3) is 0 Å². The fraction of sp³-hybridized carbons (Fsp3) is 1.00. The lowest BCUT2D eigenvalue weighted by Crippen LogP contribution is -2.32. The van der Waals surface area contributed by atoms with Crippen LogP contribution in [0, 0.1) is 17.3 Å². The van der Waals surface area contributed by atoms with Gasteiger partial charge < -0.3 is 0 Å². The van der Waals surface area contributed by atoms with Crippen molar-refractivity contribution < 1.29 is 0 Å². The summed E-state index contributed by atoms with van der Waals surface area (Å²) in [5, 5.41) is 0. The quantitative estimate of drug-likeness (QED) is 0.132. The van der Waals surface area contributed by atoms with Crippen molar-refractivity contribution in [2.24, 2.45) is 17.3 Å². The molecule has 1 fully saturated rings. The summed E-state index contributed by atoms with van der Waals surface area (Å²) in [5.74, 6) is 2.10. The fourth-order valence-electron chi connectivity index (χ4n) is 6.68. The van der Waals surface area contributed by atoms with E-state index in [9.17, 15) is 0 Å². The van der Waals surface area contributed by atoms with Crippen LogP contribution in [0.2, 0.25) is 0 Å². The number of rotatable bonds is 23. The first-order valence-corrected chi connectivity index (χ1v) is 16.1. The molecule has 0 bridgehead atoms. The van der Waals surface area contributed by atoms with Gasteiger partial charge in [-0.2, -0.15) is 0 Å². The molecule has 33 heavy (non-hydrogen) atoms. The van der Waals surface area contributed by atoms with Crippen LogP contribution in [0.1, 0.15) is 195 Å². The molecule has 0 amide bonds. The molecule has 0 aromatic heterocycles. The number of unbranched alkanes of at least 4 members (excludes halogenated alkanes) is 17. The SMILES string of the molecule is CCCCCCCCCC1CC(C)(CCCCCCCCC)CCC1CCCCCCCC. The fourth-order valence-corrected chi connectivity index (χ4v) is 6.68. The van der Waals surface area contributed by atoms with E-state index in [0.29, 0.717) is 5.41 Å². The zero-order valence-corrected chi connectivity index (χ0v) is 24.0. The van der Waals surface area contributed by atoms with Crippen molar-refractivity contribution in [2.75, 3.05) is 0 Å². The normalized spacial score (nSPS) is 23.3. The minimum Gasteiger partial charge on any atom is -0.0654 e. The van der Waals surface area contributed by atoms with Crippen LogP contribution < -0.4 is 0 Å². The first kappa shape index (κ1) is 31.0. The van der Waals surface area contributed by atoms with Crippen molar-refractivity contribution >= 4 is 0 Å². The highest BCUT2D eigenvalue weighted by atomic mass is 14.4. The third-order valence-electron chi connectivity index (χ3n) is 9.03. The van der Waals surface area contributed by atoms with E-state index >= 15 is 0 Å². The lowest BCUT2D eigenvalue weighted by atomic mass is 9.62. The van der Waals surface area contributed by atoms with Gasteiger partial charge in [0, 0.05) is 0 Å². The molecule has 0 aromatic rings. The molecule has 0 saturated heterocycles. The zero-order valence-electron chi connectivity index (χ0n) is 24.0. The Morgan fingerprint density at radius 3 is 1.36 bits per heavy atom. The minimum atomic E-state index is 0.660. The number of hydrogen-bond acceptors (Lipinski definition) is 0. The Kier molecular flexibility index (Phi) is 20.0. The second-order valence-corrected chi connectivity index (χ2v) is 12.4. The van der Waals surface area contributed by atoms with E-state index in [1.807, 2.05) is 0 Å². The Morgan fingerprint density at radius 2 is 0.879 bits per heavy atom. The molecular formula is C33H66. The maximum Gasteiger partial charge on any atom is -0.0323 e. The second kappa shape index (κ2) is 21.3. The van der Waals surface area contributed by atoms with Crippen LogP contribution >= 0.6 is 0 Å². The van der Waals surface area contributed by atoms with Crippen LogP contribution in [0.4, 0.5) is 0 Å². The molecule has 0 spiro atoms. The third kappa shape index (κ3) is 16.3. The van der Waals surface area contributed by atoms with Crippen molar-refractivity contribution in [3.05, 3.63) is 0 Å². The third-order valence-corrected chi connectivity index (χ3v) is 9.03. The molecule has 198 valence electrons. The molecule has 1 aliphatic rings. The van der Waals surface area contributed by atoms with Gasteiger partial charge in [0.1, 0.15) is 0 Å². The van der Waals surface area contributed by atoms with Crippen LogP contribution in [-0.2, 0) is 0 Å². The molecule has 0 N–H and O–H groups in total. The van der Waals surface area contributed by atoms with Gasteiger partial charge in [-0.15, -0.1) is 0 Å². The van der Waals surface area contributed by atoms with Crippen LogP contribution in [0.5, 0.6) is 0 Å². The van der Waals surface area contributed by atoms with Crippen LogP contribution in [-0.4, -0.2) is 0 Å². The van der Waals surface area contributed by atoms with E-state index in [-0.39, 0.29) is 0 Å². The largest absolute Gasteiger partial charge is 0.0654 e. The van der Waals surface area contributed by atoms with Crippen molar-refractivity contribution in [3.8, 4) is 0 Å². The van der Waals surface area contributed by atoms with E-state index in [2.05, 4.69) is 27.7 Å². The predicted molar refractivity (Wildman–Crippen MR) is 152 cm³/mol. The Balaban J connectivity index is 2.38. The Labute approximate surface area is 211 Å². The van der Waals surface area contributed by atoms with Gasteiger partial charge >= 0.3 is 0 Å². The van der Waals surface area contributed by atoms with E-state index < -0.39 is 0 Å². The summed E-state index contributed by atoms with van der Waals surface area (Å²) in [5.41, 5.74) is 0.660. The summed E-state index contributed by atoms with van der Waals surface area (Å²) in [4.78, 5) is 0. The highest BCUT2D eigenvalue weighted by Crippen LogP contribution is 2.48. The summed E-state index contributed by atoms with van der Waals surface area (Å²) < 4.78 is 0. The molecule has 1 saturated carbocycles. The molecule has 1 rings (SSSR count). The van der Waals surface area contributed by atoms with Gasteiger partial charge in [0.05, 0.1) is 0 Å². The molecule has 0 nitrogen and oxygen atoms in total. The minimum absolute atomic E-state index is 0.660. The highest BCUT2D eigenvalue weighted by molar-refractivity contribution is 4.87. The Hall–Kier alpha value is 0. The summed E-state index contributed by atoms with van der Waals surface area (Å²) in [7, 11) is 0. The van der Waals surface area contributed by atoms with E-state index in [0.717, 1.165) is 11.8 Å². The lowest BCUT2D eigenvalue weighted by molar-refractivity contribution is 0.0779. The maximum absolute atomic E-state index is 2.67. The van der Waals surface area contributed by atoms with Gasteiger partial charge in [-0.3, -0.25) is 0 Å². The molecular weight excluding hydrogens is 396 g/mol. The van der Waals surface area contributed by atoms with E-state index in [1.54, 1.807) is 25.7 Å². The van der Waals surface area contributed by atoms with Crippen molar-refractivity contribution in [1.29, 1.82) is 0 Å². The number of hydrogen-bond donors (Lipinski definition) is 0. The maximum atomic E-state index is 2.67. The van der Waals surface area contributed by atoms with Crippen molar-refractivity contribution in [2.45, 2.75) is 195 Å². The monoisotopic (exact) mass is 463 g/mol. The topological polar surface area (TPSA) is 0 Å². The molecule has 0 radical (unpaired) electrons. The van der Waals surface area contributed by atoms with Gasteiger partial charge in [-0.1, -0.05) is 169 Å². The lowest BCUT2D eigenvalue weighted by Gasteiger charge is -2.43. The smallest absolute Gasteiger partial charge is 0.0323 e. The van der Waals surface area contributed by atoms with E-state index in [4.69, 9.17) is 0 Å². The van der Waals surface area contributed by atoms with Gasteiger partial charge in [0.2, 0.25) is 0 Å². The first-order chi connectivity index (χ1) is 16.1. The second-order valence-electron chi connectivity index (χ2n) is 12.4. The summed E-state index contributed by atoms with van der Waals surface area (Å²) in [6, 6.07) is 0. The Bertz CT molecular complexity index is 399. The average molecular weight is 463 g/mol. The summed E-state index contributed by atoms with van der Waals surface area (Å²) >= 11 is 0. The first-order valence-electron chi connectivity index (χ1n) is 16.1. The zero-order chi connectivity index (χ0) is 24.0. The average Bonchev–Trinajstić information content (AvgIpc) is 2.81. The summed E-state index contributed by atoms with van der Waals surface area (Å²) in [6.45, 7) is 9.66. The predicted octanol–water partition coefficient (Wildman–Crippen LogP) is 12.4. The highest BCUT2D eigenvalue weighted by Gasteiger charge is 2.36. The molecule has 3 unspecified atom stereocenters. The molecule has 0 aromatic carbocycles. The van der Waals surface area contributed by atoms with Gasteiger partial charge in [0.25, 0.3) is 0 Å². The molecule has 1 aliphatic carbocycles. The van der Waals surface area contributed by atoms with Crippen molar-refractivity contribution in [3.63, 3.8) is 0 Å². The van der Waals surface area contributed by atoms with Gasteiger partial charge in [-0.25, -0.2) is 0 Å². The molecule has 0 aliphatic heterocycles. The Morgan fingerprint density at radius 1 is 0.485 bits per heavy atom. The van der Waals surface area contributed by atoms with Gasteiger partial charge in [0.15, 0.2) is 0 Å². The van der Waals surface area contributed by atoms with Crippen LogP contribution in [0.15, 0.2) is 0 Å². The molecule has 3 atom stereocenters.